The summed E-state index contributed by atoms with van der Waals surface area (Å²) in [7, 11) is 0. The number of nitrogens with one attached hydrogen (secondary N) is 1. The molecule has 1 N–H and O–H groups in total. The molecule has 0 atom stereocenters. The Hall–Kier alpha value is -1.51. The van der Waals surface area contributed by atoms with Crippen LogP contribution >= 0.6 is 0 Å². The molecular formula is C13H21NO2. The number of benzene rings is 1. The van der Waals surface area contributed by atoms with E-state index in [9.17, 15) is 4.79 Å². The van der Waals surface area contributed by atoms with Gasteiger partial charge in [-0.2, -0.15) is 0 Å². The van der Waals surface area contributed by atoms with E-state index in [0.717, 1.165) is 11.9 Å². The van der Waals surface area contributed by atoms with E-state index in [1.54, 1.807) is 0 Å². The van der Waals surface area contributed by atoms with Gasteiger partial charge in [0.15, 0.2) is 5.58 Å². The molecule has 0 aliphatic rings. The maximum atomic E-state index is 10.8. The Morgan fingerprint density at radius 3 is 2.38 bits per heavy atom. The van der Waals surface area contributed by atoms with Gasteiger partial charge in [0, 0.05) is 0 Å². The lowest BCUT2D eigenvalue weighted by Gasteiger charge is -1.92. The second-order valence-electron chi connectivity index (χ2n) is 2.70. The maximum Gasteiger partial charge on any atom is 0.417 e. The quantitative estimate of drug-likeness (QED) is 0.800. The Balaban J connectivity index is 0.000000509. The van der Waals surface area contributed by atoms with Crippen LogP contribution in [0.25, 0.3) is 11.1 Å². The molecule has 1 heterocycles. The van der Waals surface area contributed by atoms with Crippen molar-refractivity contribution >= 4 is 11.1 Å². The van der Waals surface area contributed by atoms with Crippen LogP contribution < -0.4 is 5.76 Å². The van der Waals surface area contributed by atoms with Gasteiger partial charge in [0.05, 0.1) is 5.52 Å². The smallest absolute Gasteiger partial charge is 0.408 e. The van der Waals surface area contributed by atoms with Gasteiger partial charge in [0.25, 0.3) is 0 Å². The fraction of sp³-hybridized carbons (Fsp3) is 0.462. The zero-order chi connectivity index (χ0) is 12.6. The molecule has 0 aliphatic heterocycles. The van der Waals surface area contributed by atoms with Crippen molar-refractivity contribution in [2.24, 2.45) is 0 Å². The molecule has 0 spiro atoms. The Kier molecular flexibility index (Phi) is 7.01. The lowest BCUT2D eigenvalue weighted by atomic mass is 10.1. The Morgan fingerprint density at radius 2 is 1.81 bits per heavy atom. The van der Waals surface area contributed by atoms with Crippen molar-refractivity contribution in [3.05, 3.63) is 34.3 Å². The minimum absolute atomic E-state index is 0.391. The number of hydrogen-bond acceptors (Lipinski definition) is 2. The SMILES string of the molecule is CC.CC.CCc1ccc2oc(=O)[nH]c2c1. The summed E-state index contributed by atoms with van der Waals surface area (Å²) in [5, 5.41) is 0. The lowest BCUT2D eigenvalue weighted by Crippen LogP contribution is -1.92. The van der Waals surface area contributed by atoms with Gasteiger partial charge >= 0.3 is 5.76 Å². The van der Waals surface area contributed by atoms with Crippen molar-refractivity contribution in [1.82, 2.24) is 4.98 Å². The predicted molar refractivity (Wildman–Crippen MR) is 68.9 cm³/mol. The molecule has 90 valence electrons. The molecule has 2 aromatic rings. The summed E-state index contributed by atoms with van der Waals surface area (Å²) >= 11 is 0. The van der Waals surface area contributed by atoms with E-state index in [-0.39, 0.29) is 0 Å². The molecule has 0 saturated carbocycles. The van der Waals surface area contributed by atoms with E-state index in [0.29, 0.717) is 5.58 Å². The van der Waals surface area contributed by atoms with Gasteiger partial charge in [-0.05, 0) is 24.1 Å². The normalized spacial score (nSPS) is 8.81. The summed E-state index contributed by atoms with van der Waals surface area (Å²) in [6.07, 6.45) is 0.961. The maximum absolute atomic E-state index is 10.8. The number of aryl methyl sites for hydroxylation is 1. The number of aromatic nitrogens is 1. The highest BCUT2D eigenvalue weighted by Gasteiger charge is 1.99. The van der Waals surface area contributed by atoms with Gasteiger partial charge in [-0.3, -0.25) is 4.98 Å². The molecule has 1 aromatic heterocycles. The first kappa shape index (κ1) is 14.5. The number of fused-ring (bicyclic) bond motifs is 1. The van der Waals surface area contributed by atoms with Crippen molar-refractivity contribution in [3.8, 4) is 0 Å². The van der Waals surface area contributed by atoms with E-state index >= 15 is 0 Å². The van der Waals surface area contributed by atoms with Crippen LogP contribution in [0, 0.1) is 0 Å². The average Bonchev–Trinajstić information content (AvgIpc) is 2.73. The van der Waals surface area contributed by atoms with E-state index in [1.165, 1.54) is 5.56 Å². The van der Waals surface area contributed by atoms with E-state index < -0.39 is 5.76 Å². The topological polar surface area (TPSA) is 46.0 Å². The monoisotopic (exact) mass is 223 g/mol. The summed E-state index contributed by atoms with van der Waals surface area (Å²) in [5.41, 5.74) is 2.59. The van der Waals surface area contributed by atoms with Gasteiger partial charge in [0.1, 0.15) is 0 Å². The average molecular weight is 223 g/mol. The molecule has 3 nitrogen and oxygen atoms in total. The summed E-state index contributed by atoms with van der Waals surface area (Å²) in [4.78, 5) is 13.4. The molecular weight excluding hydrogens is 202 g/mol. The highest BCUT2D eigenvalue weighted by atomic mass is 16.4. The first-order chi connectivity index (χ1) is 7.79. The molecule has 0 radical (unpaired) electrons. The second-order valence-corrected chi connectivity index (χ2v) is 2.70. The Morgan fingerprint density at radius 1 is 1.19 bits per heavy atom. The third-order valence-electron chi connectivity index (χ3n) is 1.89. The van der Waals surface area contributed by atoms with Crippen molar-refractivity contribution < 1.29 is 4.42 Å². The first-order valence-corrected chi connectivity index (χ1v) is 5.91. The van der Waals surface area contributed by atoms with Gasteiger partial charge in [0.2, 0.25) is 0 Å². The molecule has 0 fully saturated rings. The summed E-state index contributed by atoms with van der Waals surface area (Å²) in [6, 6.07) is 5.70. The van der Waals surface area contributed by atoms with E-state index in [2.05, 4.69) is 11.9 Å². The zero-order valence-corrected chi connectivity index (χ0v) is 10.8. The van der Waals surface area contributed by atoms with Crippen LogP contribution in [0.15, 0.2) is 27.4 Å². The molecule has 1 aromatic carbocycles. The summed E-state index contributed by atoms with van der Waals surface area (Å²) < 4.78 is 4.86. The third kappa shape index (κ3) is 3.57. The molecule has 0 aliphatic carbocycles. The van der Waals surface area contributed by atoms with Crippen LogP contribution in [0.1, 0.15) is 40.2 Å². The van der Waals surface area contributed by atoms with Crippen LogP contribution in [-0.4, -0.2) is 4.98 Å². The number of rotatable bonds is 1. The number of aromatic amines is 1. The van der Waals surface area contributed by atoms with Crippen LogP contribution in [0.3, 0.4) is 0 Å². The fourth-order valence-corrected chi connectivity index (χ4v) is 1.22. The second kappa shape index (κ2) is 7.74. The minimum atomic E-state index is -0.391. The number of oxazole rings is 1. The van der Waals surface area contributed by atoms with Gasteiger partial charge < -0.3 is 4.42 Å². The van der Waals surface area contributed by atoms with Gasteiger partial charge in [-0.15, -0.1) is 0 Å². The number of H-pyrrole nitrogens is 1. The third-order valence-corrected chi connectivity index (χ3v) is 1.89. The van der Waals surface area contributed by atoms with Crippen LogP contribution in [0.4, 0.5) is 0 Å². The summed E-state index contributed by atoms with van der Waals surface area (Å²) in [5.74, 6) is -0.391. The largest absolute Gasteiger partial charge is 0.417 e. The van der Waals surface area contributed by atoms with E-state index in [4.69, 9.17) is 4.42 Å². The molecule has 0 bridgehead atoms. The van der Waals surface area contributed by atoms with Crippen molar-refractivity contribution in [2.75, 3.05) is 0 Å². The molecule has 16 heavy (non-hydrogen) atoms. The van der Waals surface area contributed by atoms with Gasteiger partial charge in [-0.25, -0.2) is 4.79 Å². The van der Waals surface area contributed by atoms with Crippen molar-refractivity contribution in [3.63, 3.8) is 0 Å². The van der Waals surface area contributed by atoms with Crippen molar-refractivity contribution in [1.29, 1.82) is 0 Å². The lowest BCUT2D eigenvalue weighted by molar-refractivity contribution is 0.555. The van der Waals surface area contributed by atoms with Crippen molar-refractivity contribution in [2.45, 2.75) is 41.0 Å². The van der Waals surface area contributed by atoms with Crippen LogP contribution in [0.5, 0.6) is 0 Å². The number of hydrogen-bond donors (Lipinski definition) is 1. The van der Waals surface area contributed by atoms with Gasteiger partial charge in [-0.1, -0.05) is 40.7 Å². The fourth-order valence-electron chi connectivity index (χ4n) is 1.22. The predicted octanol–water partition coefficient (Wildman–Crippen LogP) is 3.74. The molecule has 2 rings (SSSR count). The minimum Gasteiger partial charge on any atom is -0.408 e. The first-order valence-electron chi connectivity index (χ1n) is 5.91. The molecule has 0 unspecified atom stereocenters. The highest BCUT2D eigenvalue weighted by Crippen LogP contribution is 2.11. The summed E-state index contributed by atoms with van der Waals surface area (Å²) in [6.45, 7) is 10.1. The highest BCUT2D eigenvalue weighted by molar-refractivity contribution is 5.72. The Labute approximate surface area is 96.5 Å². The van der Waals surface area contributed by atoms with Crippen LogP contribution in [-0.2, 0) is 6.42 Å². The Bertz CT molecular complexity index is 454. The van der Waals surface area contributed by atoms with Crippen LogP contribution in [0.2, 0.25) is 0 Å². The van der Waals surface area contributed by atoms with E-state index in [1.807, 2.05) is 45.9 Å². The molecule has 0 amide bonds. The zero-order valence-electron chi connectivity index (χ0n) is 10.8. The molecule has 3 heteroatoms. The molecule has 0 saturated heterocycles. The standard InChI is InChI=1S/C9H9NO2.2C2H6/c1-2-6-3-4-8-7(5-6)10-9(11)12-8;2*1-2/h3-5H,2H2,1H3,(H,10,11);2*1-2H3.